The van der Waals surface area contributed by atoms with Crippen molar-refractivity contribution in [3.8, 4) is 0 Å². The first-order chi connectivity index (χ1) is 11.0. The van der Waals surface area contributed by atoms with Crippen molar-refractivity contribution in [2.45, 2.75) is 50.3 Å². The highest BCUT2D eigenvalue weighted by atomic mass is 16.7. The molecule has 23 heavy (non-hydrogen) atoms. The molecule has 2 fully saturated rings. The molecule has 0 aliphatic carbocycles. The standard InChI is InChI=1S/C13H20N2O8/c16-9(17)3-1-7-5-21-11(15-7)12(20)23-13-8(14-6-22-13)2-4-10(18)19/h7-8,11,13-15H,1-6H2,(H,16,17)(H,18,19)/t7-,8-,11?,13?/m1/s1. The van der Waals surface area contributed by atoms with Gasteiger partial charge in [-0.1, -0.05) is 0 Å². The zero-order chi connectivity index (χ0) is 16.8. The summed E-state index contributed by atoms with van der Waals surface area (Å²) in [5.74, 6) is -2.52. The number of rotatable bonds is 8. The van der Waals surface area contributed by atoms with Gasteiger partial charge in [-0.25, -0.2) is 4.79 Å². The number of nitrogens with one attached hydrogen (secondary N) is 2. The average molecular weight is 332 g/mol. The van der Waals surface area contributed by atoms with Crippen molar-refractivity contribution in [2.75, 3.05) is 13.3 Å². The fourth-order valence-corrected chi connectivity index (χ4v) is 2.38. The fraction of sp³-hybridized carbons (Fsp3) is 0.769. The molecular weight excluding hydrogens is 312 g/mol. The first-order valence-corrected chi connectivity index (χ1v) is 7.32. The van der Waals surface area contributed by atoms with Gasteiger partial charge in [0.15, 0.2) is 0 Å². The Labute approximate surface area is 132 Å². The monoisotopic (exact) mass is 332 g/mol. The van der Waals surface area contributed by atoms with Crippen LogP contribution in [0.5, 0.6) is 0 Å². The van der Waals surface area contributed by atoms with Crippen LogP contribution in [0.1, 0.15) is 25.7 Å². The van der Waals surface area contributed by atoms with Crippen molar-refractivity contribution in [1.29, 1.82) is 0 Å². The van der Waals surface area contributed by atoms with E-state index in [9.17, 15) is 14.4 Å². The highest BCUT2D eigenvalue weighted by Gasteiger charge is 2.37. The molecule has 4 atom stereocenters. The minimum Gasteiger partial charge on any atom is -0.481 e. The zero-order valence-electron chi connectivity index (χ0n) is 12.4. The smallest absolute Gasteiger partial charge is 0.352 e. The van der Waals surface area contributed by atoms with E-state index in [2.05, 4.69) is 10.6 Å². The number of esters is 1. The van der Waals surface area contributed by atoms with E-state index < -0.39 is 30.4 Å². The minimum absolute atomic E-state index is 0.0181. The maximum absolute atomic E-state index is 12.0. The Hall–Kier alpha value is -1.75. The van der Waals surface area contributed by atoms with Crippen LogP contribution in [0.4, 0.5) is 0 Å². The molecular formula is C13H20N2O8. The quantitative estimate of drug-likeness (QED) is 0.402. The number of carbonyl (C=O) groups excluding carboxylic acids is 1. The first kappa shape index (κ1) is 17.6. The van der Waals surface area contributed by atoms with E-state index in [1.54, 1.807) is 0 Å². The highest BCUT2D eigenvalue weighted by molar-refractivity contribution is 5.75. The van der Waals surface area contributed by atoms with Gasteiger partial charge in [-0.05, 0) is 12.8 Å². The number of hydrogen-bond donors (Lipinski definition) is 4. The van der Waals surface area contributed by atoms with Gasteiger partial charge in [0.2, 0.25) is 12.5 Å². The topological polar surface area (TPSA) is 143 Å². The predicted molar refractivity (Wildman–Crippen MR) is 73.2 cm³/mol. The summed E-state index contributed by atoms with van der Waals surface area (Å²) >= 11 is 0. The van der Waals surface area contributed by atoms with Crippen LogP contribution >= 0.6 is 0 Å². The molecule has 2 saturated heterocycles. The van der Waals surface area contributed by atoms with Gasteiger partial charge >= 0.3 is 17.9 Å². The lowest BCUT2D eigenvalue weighted by Crippen LogP contribution is -2.42. The van der Waals surface area contributed by atoms with E-state index in [-0.39, 0.29) is 44.7 Å². The second-order valence-electron chi connectivity index (χ2n) is 5.37. The molecule has 10 nitrogen and oxygen atoms in total. The average Bonchev–Trinajstić information content (AvgIpc) is 3.12. The number of aliphatic carboxylic acids is 2. The summed E-state index contributed by atoms with van der Waals surface area (Å²) in [6.07, 6.45) is -1.31. The van der Waals surface area contributed by atoms with Crippen molar-refractivity contribution in [1.82, 2.24) is 10.6 Å². The zero-order valence-corrected chi connectivity index (χ0v) is 12.4. The second kappa shape index (κ2) is 8.20. The summed E-state index contributed by atoms with van der Waals surface area (Å²) in [6.45, 7) is 0.391. The van der Waals surface area contributed by atoms with Crippen LogP contribution < -0.4 is 10.6 Å². The van der Waals surface area contributed by atoms with Crippen LogP contribution in [0.3, 0.4) is 0 Å². The molecule has 0 aromatic carbocycles. The van der Waals surface area contributed by atoms with Gasteiger partial charge in [-0.15, -0.1) is 0 Å². The van der Waals surface area contributed by atoms with Gasteiger partial charge in [-0.2, -0.15) is 0 Å². The summed E-state index contributed by atoms with van der Waals surface area (Å²) in [7, 11) is 0. The molecule has 0 aromatic heterocycles. The van der Waals surface area contributed by atoms with Crippen LogP contribution in [-0.2, 0) is 28.6 Å². The van der Waals surface area contributed by atoms with E-state index in [1.165, 1.54) is 0 Å². The SMILES string of the molecule is O=C(O)CC[C@@H]1COC(C(=O)OC2OCN[C@@H]2CCC(=O)O)N1. The lowest BCUT2D eigenvalue weighted by Gasteiger charge is -2.19. The molecule has 0 radical (unpaired) electrons. The number of carboxylic acid groups (broad SMARTS) is 2. The lowest BCUT2D eigenvalue weighted by atomic mass is 10.1. The molecule has 0 aromatic rings. The normalized spacial score (nSPS) is 30.3. The third-order valence-corrected chi connectivity index (χ3v) is 3.60. The van der Waals surface area contributed by atoms with Gasteiger partial charge in [0.25, 0.3) is 0 Å². The molecule has 2 rings (SSSR count). The van der Waals surface area contributed by atoms with E-state index in [0.717, 1.165) is 0 Å². The molecule has 130 valence electrons. The van der Waals surface area contributed by atoms with E-state index in [1.807, 2.05) is 0 Å². The number of carboxylic acids is 2. The number of hydrogen-bond acceptors (Lipinski definition) is 8. The molecule has 2 unspecified atom stereocenters. The number of carbonyl (C=O) groups is 3. The molecule has 0 bridgehead atoms. The minimum atomic E-state index is -0.974. The third-order valence-electron chi connectivity index (χ3n) is 3.60. The first-order valence-electron chi connectivity index (χ1n) is 7.32. The van der Waals surface area contributed by atoms with E-state index in [0.29, 0.717) is 6.42 Å². The number of ether oxygens (including phenoxy) is 3. The molecule has 4 N–H and O–H groups in total. The Morgan fingerprint density at radius 1 is 1.09 bits per heavy atom. The van der Waals surface area contributed by atoms with Gasteiger partial charge < -0.3 is 24.4 Å². The molecule has 0 saturated carbocycles. The maximum Gasteiger partial charge on any atom is 0.352 e. The Kier molecular flexibility index (Phi) is 6.28. The van der Waals surface area contributed by atoms with Crippen molar-refractivity contribution < 1.29 is 38.8 Å². The fourth-order valence-electron chi connectivity index (χ4n) is 2.38. The van der Waals surface area contributed by atoms with Gasteiger partial charge in [0.05, 0.1) is 12.6 Å². The summed E-state index contributed by atoms with van der Waals surface area (Å²) in [4.78, 5) is 33.1. The van der Waals surface area contributed by atoms with Crippen molar-refractivity contribution >= 4 is 17.9 Å². The van der Waals surface area contributed by atoms with Crippen LogP contribution in [0.2, 0.25) is 0 Å². The Bertz CT molecular complexity index is 457. The van der Waals surface area contributed by atoms with Crippen LogP contribution in [0.15, 0.2) is 0 Å². The second-order valence-corrected chi connectivity index (χ2v) is 5.37. The molecule has 0 amide bonds. The van der Waals surface area contributed by atoms with Crippen molar-refractivity contribution in [3.63, 3.8) is 0 Å². The Balaban J connectivity index is 1.75. The van der Waals surface area contributed by atoms with Crippen molar-refractivity contribution in [2.24, 2.45) is 0 Å². The van der Waals surface area contributed by atoms with Gasteiger partial charge in [-0.3, -0.25) is 20.2 Å². The highest BCUT2D eigenvalue weighted by Crippen LogP contribution is 2.16. The van der Waals surface area contributed by atoms with Gasteiger partial charge in [0, 0.05) is 18.9 Å². The predicted octanol–water partition coefficient (Wildman–Crippen LogP) is -1.15. The third kappa shape index (κ3) is 5.43. The van der Waals surface area contributed by atoms with Gasteiger partial charge in [0.1, 0.15) is 6.73 Å². The Morgan fingerprint density at radius 3 is 2.48 bits per heavy atom. The van der Waals surface area contributed by atoms with E-state index >= 15 is 0 Å². The lowest BCUT2D eigenvalue weighted by molar-refractivity contribution is -0.183. The molecule has 2 aliphatic rings. The molecule has 10 heteroatoms. The summed E-state index contributed by atoms with van der Waals surface area (Å²) in [5.41, 5.74) is 0. The molecule has 2 heterocycles. The molecule has 2 aliphatic heterocycles. The summed E-state index contributed by atoms with van der Waals surface area (Å²) in [6, 6.07) is -0.617. The Morgan fingerprint density at radius 2 is 1.78 bits per heavy atom. The van der Waals surface area contributed by atoms with Crippen LogP contribution in [0.25, 0.3) is 0 Å². The van der Waals surface area contributed by atoms with Crippen LogP contribution in [-0.4, -0.2) is 66.1 Å². The molecule has 0 spiro atoms. The maximum atomic E-state index is 12.0. The largest absolute Gasteiger partial charge is 0.481 e. The summed E-state index contributed by atoms with van der Waals surface area (Å²) in [5, 5.41) is 23.1. The van der Waals surface area contributed by atoms with Crippen LogP contribution in [0, 0.1) is 0 Å². The van der Waals surface area contributed by atoms with Crippen molar-refractivity contribution in [3.05, 3.63) is 0 Å². The van der Waals surface area contributed by atoms with E-state index in [4.69, 9.17) is 24.4 Å². The summed E-state index contributed by atoms with van der Waals surface area (Å²) < 4.78 is 15.7.